The highest BCUT2D eigenvalue weighted by molar-refractivity contribution is 4.91. The molecule has 102 valence electrons. The molecule has 0 saturated carbocycles. The third-order valence-corrected chi connectivity index (χ3v) is 3.36. The van der Waals surface area contributed by atoms with E-state index in [1.54, 1.807) is 0 Å². The summed E-state index contributed by atoms with van der Waals surface area (Å²) < 4.78 is 7.51. The van der Waals surface area contributed by atoms with Crippen LogP contribution in [0.4, 0.5) is 0 Å². The molecule has 0 atom stereocenters. The summed E-state index contributed by atoms with van der Waals surface area (Å²) in [4.78, 5) is 6.82. The third-order valence-electron chi connectivity index (χ3n) is 3.36. The Bertz CT molecular complexity index is 333. The number of hydrogen-bond donors (Lipinski definition) is 1. The summed E-state index contributed by atoms with van der Waals surface area (Å²) in [5, 5.41) is 3.46. The topological polar surface area (TPSA) is 42.3 Å². The molecule has 2 heterocycles. The predicted octanol–water partition coefficient (Wildman–Crippen LogP) is 0.715. The van der Waals surface area contributed by atoms with Gasteiger partial charge in [0.05, 0.1) is 19.8 Å². The zero-order valence-corrected chi connectivity index (χ0v) is 11.3. The second kappa shape index (κ2) is 7.51. The lowest BCUT2D eigenvalue weighted by atomic mass is 10.3. The molecule has 1 fully saturated rings. The minimum absolute atomic E-state index is 0.865. The standard InChI is InChI=1S/C13H24N4O/c1-2-17-7-5-15-13(17)12-14-4-3-6-16-8-10-18-11-9-16/h5,7,14H,2-4,6,8-12H2,1H3. The van der Waals surface area contributed by atoms with Gasteiger partial charge < -0.3 is 14.6 Å². The summed E-state index contributed by atoms with van der Waals surface area (Å²) in [6.45, 7) is 10.2. The lowest BCUT2D eigenvalue weighted by molar-refractivity contribution is 0.0374. The van der Waals surface area contributed by atoms with Crippen LogP contribution in [0.5, 0.6) is 0 Å². The average Bonchev–Trinajstić information content (AvgIpc) is 2.87. The minimum Gasteiger partial charge on any atom is -0.379 e. The molecule has 0 aliphatic carbocycles. The molecular formula is C13H24N4O. The lowest BCUT2D eigenvalue weighted by Crippen LogP contribution is -2.37. The molecule has 1 aliphatic heterocycles. The van der Waals surface area contributed by atoms with Crippen molar-refractivity contribution in [2.45, 2.75) is 26.4 Å². The van der Waals surface area contributed by atoms with Crippen molar-refractivity contribution in [3.05, 3.63) is 18.2 Å². The van der Waals surface area contributed by atoms with Crippen LogP contribution in [-0.2, 0) is 17.8 Å². The summed E-state index contributed by atoms with van der Waals surface area (Å²) in [5.41, 5.74) is 0. The van der Waals surface area contributed by atoms with Crippen LogP contribution in [0.15, 0.2) is 12.4 Å². The molecule has 1 aromatic rings. The summed E-state index contributed by atoms with van der Waals surface area (Å²) in [6.07, 6.45) is 5.09. The van der Waals surface area contributed by atoms with Crippen LogP contribution < -0.4 is 5.32 Å². The van der Waals surface area contributed by atoms with Crippen LogP contribution in [0.3, 0.4) is 0 Å². The van der Waals surface area contributed by atoms with Crippen molar-refractivity contribution in [1.29, 1.82) is 0 Å². The molecule has 1 N–H and O–H groups in total. The van der Waals surface area contributed by atoms with Crippen molar-refractivity contribution in [1.82, 2.24) is 19.8 Å². The Hall–Kier alpha value is -0.910. The Kier molecular flexibility index (Phi) is 5.64. The number of imidazole rings is 1. The average molecular weight is 252 g/mol. The van der Waals surface area contributed by atoms with Crippen molar-refractivity contribution >= 4 is 0 Å². The predicted molar refractivity (Wildman–Crippen MR) is 71.5 cm³/mol. The van der Waals surface area contributed by atoms with Crippen LogP contribution >= 0.6 is 0 Å². The van der Waals surface area contributed by atoms with Crippen molar-refractivity contribution in [2.24, 2.45) is 0 Å². The molecule has 2 rings (SSSR count). The number of hydrogen-bond acceptors (Lipinski definition) is 4. The Labute approximate surface area is 109 Å². The van der Waals surface area contributed by atoms with Crippen molar-refractivity contribution in [2.75, 3.05) is 39.4 Å². The van der Waals surface area contributed by atoms with E-state index < -0.39 is 0 Å². The minimum atomic E-state index is 0.865. The third kappa shape index (κ3) is 4.08. The van der Waals surface area contributed by atoms with E-state index in [1.165, 1.54) is 13.0 Å². The van der Waals surface area contributed by atoms with Crippen molar-refractivity contribution in [3.8, 4) is 0 Å². The van der Waals surface area contributed by atoms with Gasteiger partial charge in [-0.25, -0.2) is 4.98 Å². The Morgan fingerprint density at radius 1 is 1.39 bits per heavy atom. The van der Waals surface area contributed by atoms with Gasteiger partial charge >= 0.3 is 0 Å². The van der Waals surface area contributed by atoms with E-state index in [2.05, 4.69) is 26.7 Å². The van der Waals surface area contributed by atoms with Crippen molar-refractivity contribution in [3.63, 3.8) is 0 Å². The first-order valence-corrected chi connectivity index (χ1v) is 6.91. The number of rotatable bonds is 7. The number of morpholine rings is 1. The second-order valence-electron chi connectivity index (χ2n) is 4.61. The summed E-state index contributed by atoms with van der Waals surface area (Å²) in [5.74, 6) is 1.13. The van der Waals surface area contributed by atoms with E-state index in [-0.39, 0.29) is 0 Å². The molecule has 1 aliphatic rings. The van der Waals surface area contributed by atoms with Crippen LogP contribution in [0, 0.1) is 0 Å². The number of nitrogens with one attached hydrogen (secondary N) is 1. The normalized spacial score (nSPS) is 17.2. The number of nitrogens with zero attached hydrogens (tertiary/aromatic N) is 3. The van der Waals surface area contributed by atoms with Crippen LogP contribution in [-0.4, -0.2) is 53.8 Å². The smallest absolute Gasteiger partial charge is 0.122 e. The molecule has 0 bridgehead atoms. The van der Waals surface area contributed by atoms with Crippen LogP contribution in [0.1, 0.15) is 19.2 Å². The van der Waals surface area contributed by atoms with Crippen molar-refractivity contribution < 1.29 is 4.74 Å². The van der Waals surface area contributed by atoms with E-state index >= 15 is 0 Å². The molecular weight excluding hydrogens is 228 g/mol. The highest BCUT2D eigenvalue weighted by atomic mass is 16.5. The zero-order chi connectivity index (χ0) is 12.6. The highest BCUT2D eigenvalue weighted by Gasteiger charge is 2.09. The fraction of sp³-hybridized carbons (Fsp3) is 0.769. The van der Waals surface area contributed by atoms with Gasteiger partial charge in [0, 0.05) is 32.0 Å². The van der Waals surface area contributed by atoms with E-state index in [0.29, 0.717) is 0 Å². The maximum atomic E-state index is 5.33. The zero-order valence-electron chi connectivity index (χ0n) is 11.3. The van der Waals surface area contributed by atoms with E-state index in [4.69, 9.17) is 4.74 Å². The fourth-order valence-electron chi connectivity index (χ4n) is 2.25. The first kappa shape index (κ1) is 13.5. The Morgan fingerprint density at radius 3 is 3.00 bits per heavy atom. The summed E-state index contributed by atoms with van der Waals surface area (Å²) >= 11 is 0. The van der Waals surface area contributed by atoms with Crippen LogP contribution in [0.2, 0.25) is 0 Å². The molecule has 18 heavy (non-hydrogen) atoms. The van der Waals surface area contributed by atoms with Gasteiger partial charge in [0.2, 0.25) is 0 Å². The van der Waals surface area contributed by atoms with Gasteiger partial charge in [0.25, 0.3) is 0 Å². The number of ether oxygens (including phenoxy) is 1. The molecule has 1 aromatic heterocycles. The molecule has 0 spiro atoms. The largest absolute Gasteiger partial charge is 0.379 e. The van der Waals surface area contributed by atoms with E-state index in [9.17, 15) is 0 Å². The van der Waals surface area contributed by atoms with Gasteiger partial charge in [-0.3, -0.25) is 4.90 Å². The molecule has 5 nitrogen and oxygen atoms in total. The van der Waals surface area contributed by atoms with Gasteiger partial charge in [-0.1, -0.05) is 0 Å². The van der Waals surface area contributed by atoms with E-state index in [1.807, 2.05) is 12.4 Å². The van der Waals surface area contributed by atoms with Gasteiger partial charge in [0.15, 0.2) is 0 Å². The maximum absolute atomic E-state index is 5.33. The molecule has 0 radical (unpaired) electrons. The number of aryl methyl sites for hydroxylation is 1. The van der Waals surface area contributed by atoms with Crippen LogP contribution in [0.25, 0.3) is 0 Å². The monoisotopic (exact) mass is 252 g/mol. The Morgan fingerprint density at radius 2 is 2.22 bits per heavy atom. The molecule has 0 unspecified atom stereocenters. The molecule has 0 amide bonds. The summed E-state index contributed by atoms with van der Waals surface area (Å²) in [6, 6.07) is 0. The summed E-state index contributed by atoms with van der Waals surface area (Å²) in [7, 11) is 0. The second-order valence-corrected chi connectivity index (χ2v) is 4.61. The van der Waals surface area contributed by atoms with Gasteiger partial charge in [0.1, 0.15) is 5.82 Å². The SMILES string of the molecule is CCn1ccnc1CNCCCN1CCOCC1. The molecule has 5 heteroatoms. The van der Waals surface area contributed by atoms with Gasteiger partial charge in [-0.05, 0) is 26.4 Å². The van der Waals surface area contributed by atoms with Gasteiger partial charge in [-0.15, -0.1) is 0 Å². The maximum Gasteiger partial charge on any atom is 0.122 e. The fourth-order valence-corrected chi connectivity index (χ4v) is 2.25. The molecule has 1 saturated heterocycles. The Balaban J connectivity index is 1.55. The lowest BCUT2D eigenvalue weighted by Gasteiger charge is -2.26. The van der Waals surface area contributed by atoms with E-state index in [0.717, 1.165) is 51.8 Å². The quantitative estimate of drug-likeness (QED) is 0.726. The first-order chi connectivity index (χ1) is 8.90. The molecule has 0 aromatic carbocycles. The first-order valence-electron chi connectivity index (χ1n) is 6.91. The highest BCUT2D eigenvalue weighted by Crippen LogP contribution is 1.99. The number of aromatic nitrogens is 2. The van der Waals surface area contributed by atoms with Gasteiger partial charge in [-0.2, -0.15) is 0 Å².